The second-order valence-electron chi connectivity index (χ2n) is 6.97. The fraction of sp³-hybridized carbons (Fsp3) is 0.421. The van der Waals surface area contributed by atoms with E-state index in [1.54, 1.807) is 0 Å². The van der Waals surface area contributed by atoms with Gasteiger partial charge in [0.25, 0.3) is 0 Å². The fourth-order valence-corrected chi connectivity index (χ4v) is 3.81. The van der Waals surface area contributed by atoms with Crippen molar-refractivity contribution in [2.24, 2.45) is 0 Å². The molecule has 0 bridgehead atoms. The van der Waals surface area contributed by atoms with E-state index in [9.17, 15) is 9.59 Å². The molecule has 1 fully saturated rings. The number of piperidine rings is 1. The largest absolute Gasteiger partial charge is 0.341 e. The third-order valence-corrected chi connectivity index (χ3v) is 5.14. The van der Waals surface area contributed by atoms with Gasteiger partial charge >= 0.3 is 0 Å². The molecule has 0 unspecified atom stereocenters. The Morgan fingerprint density at radius 3 is 3.00 bits per heavy atom. The number of hydrogen-bond donors (Lipinski definition) is 1. The summed E-state index contributed by atoms with van der Waals surface area (Å²) in [6, 6.07) is 7.83. The first-order valence-electron chi connectivity index (χ1n) is 8.80. The van der Waals surface area contributed by atoms with E-state index < -0.39 is 0 Å². The van der Waals surface area contributed by atoms with Crippen molar-refractivity contribution in [3.63, 3.8) is 0 Å². The molecule has 130 valence electrons. The number of aryl methyl sites for hydroxylation is 1. The molecule has 1 aromatic heterocycles. The van der Waals surface area contributed by atoms with Crippen molar-refractivity contribution in [3.05, 3.63) is 47.8 Å². The van der Waals surface area contributed by atoms with Crippen molar-refractivity contribution >= 4 is 17.5 Å². The Kier molecular flexibility index (Phi) is 4.03. The fourth-order valence-electron chi connectivity index (χ4n) is 3.81. The smallest absolute Gasteiger partial charge is 0.232 e. The molecule has 1 aromatic carbocycles. The zero-order valence-electron chi connectivity index (χ0n) is 14.3. The normalized spacial score (nSPS) is 22.6. The van der Waals surface area contributed by atoms with Crippen LogP contribution in [0, 0.1) is 6.92 Å². The maximum absolute atomic E-state index is 12.8. The average Bonchev–Trinajstić information content (AvgIpc) is 3.19. The Morgan fingerprint density at radius 2 is 2.20 bits per heavy atom. The summed E-state index contributed by atoms with van der Waals surface area (Å²) < 4.78 is 1.96. The van der Waals surface area contributed by atoms with Gasteiger partial charge < -0.3 is 10.2 Å². The van der Waals surface area contributed by atoms with E-state index in [4.69, 9.17) is 0 Å². The van der Waals surface area contributed by atoms with Crippen LogP contribution in [0.25, 0.3) is 0 Å². The van der Waals surface area contributed by atoms with Crippen LogP contribution in [-0.2, 0) is 9.59 Å². The van der Waals surface area contributed by atoms with E-state index in [2.05, 4.69) is 10.4 Å². The number of anilines is 1. The summed E-state index contributed by atoms with van der Waals surface area (Å²) in [5.41, 5.74) is 2.88. The molecule has 6 heteroatoms. The standard InChI is InChI=1S/C19H22N4O2/c1-13-10-20-23(11-13)14-5-4-8-22(12-14)18(24)9-16-15-6-2-3-7-17(15)21-19(16)25/h2-3,6-7,10-11,14,16H,4-5,8-9,12H2,1H3,(H,21,25)/t14-,16+/m0/s1. The van der Waals surface area contributed by atoms with E-state index in [0.29, 0.717) is 6.54 Å². The van der Waals surface area contributed by atoms with Crippen LogP contribution in [0.2, 0.25) is 0 Å². The SMILES string of the molecule is Cc1cnn([C@H]2CCCN(C(=O)C[C@H]3C(=O)Nc4ccccc43)C2)c1. The highest BCUT2D eigenvalue weighted by Crippen LogP contribution is 2.35. The number of hydrogen-bond acceptors (Lipinski definition) is 3. The Hall–Kier alpha value is -2.63. The minimum atomic E-state index is -0.379. The number of benzene rings is 1. The number of carbonyl (C=O) groups is 2. The molecule has 4 rings (SSSR count). The van der Waals surface area contributed by atoms with Gasteiger partial charge in [-0.3, -0.25) is 14.3 Å². The molecular weight excluding hydrogens is 316 g/mol. The quantitative estimate of drug-likeness (QED) is 0.935. The highest BCUT2D eigenvalue weighted by molar-refractivity contribution is 6.04. The molecule has 0 spiro atoms. The Balaban J connectivity index is 1.45. The second kappa shape index (κ2) is 6.35. The highest BCUT2D eigenvalue weighted by atomic mass is 16.2. The number of aromatic nitrogens is 2. The molecule has 2 atom stereocenters. The minimum absolute atomic E-state index is 0.0467. The zero-order chi connectivity index (χ0) is 17.4. The third-order valence-electron chi connectivity index (χ3n) is 5.14. The van der Waals surface area contributed by atoms with Crippen molar-refractivity contribution in [2.45, 2.75) is 38.1 Å². The first kappa shape index (κ1) is 15.9. The van der Waals surface area contributed by atoms with Crippen molar-refractivity contribution in [1.82, 2.24) is 14.7 Å². The number of para-hydroxylation sites is 1. The van der Waals surface area contributed by atoms with Gasteiger partial charge in [0, 0.05) is 31.4 Å². The van der Waals surface area contributed by atoms with Crippen LogP contribution >= 0.6 is 0 Å². The van der Waals surface area contributed by atoms with Crippen LogP contribution in [0.5, 0.6) is 0 Å². The summed E-state index contributed by atoms with van der Waals surface area (Å²) in [6.45, 7) is 3.44. The lowest BCUT2D eigenvalue weighted by Gasteiger charge is -2.33. The van der Waals surface area contributed by atoms with Gasteiger partial charge in [-0.25, -0.2) is 0 Å². The van der Waals surface area contributed by atoms with Crippen molar-refractivity contribution in [3.8, 4) is 0 Å². The van der Waals surface area contributed by atoms with Crippen LogP contribution in [0.15, 0.2) is 36.7 Å². The van der Waals surface area contributed by atoms with Gasteiger partial charge in [-0.1, -0.05) is 18.2 Å². The van der Waals surface area contributed by atoms with Gasteiger partial charge in [-0.05, 0) is 37.0 Å². The average molecular weight is 338 g/mol. The Labute approximate surface area is 146 Å². The van der Waals surface area contributed by atoms with Gasteiger partial charge in [0.1, 0.15) is 0 Å². The summed E-state index contributed by atoms with van der Waals surface area (Å²) in [6.07, 6.45) is 6.09. The lowest BCUT2D eigenvalue weighted by Crippen LogP contribution is -2.41. The number of rotatable bonds is 3. The molecule has 1 saturated heterocycles. The van der Waals surface area contributed by atoms with E-state index in [-0.39, 0.29) is 30.2 Å². The van der Waals surface area contributed by atoms with E-state index in [0.717, 1.165) is 36.2 Å². The predicted molar refractivity (Wildman–Crippen MR) is 94.2 cm³/mol. The molecule has 2 amide bonds. The maximum Gasteiger partial charge on any atom is 0.232 e. The lowest BCUT2D eigenvalue weighted by molar-refractivity contribution is -0.135. The van der Waals surface area contributed by atoms with Crippen LogP contribution in [0.4, 0.5) is 5.69 Å². The molecular formula is C19H22N4O2. The van der Waals surface area contributed by atoms with Crippen LogP contribution in [-0.4, -0.2) is 39.6 Å². The Bertz CT molecular complexity index is 813. The minimum Gasteiger partial charge on any atom is -0.341 e. The predicted octanol–water partition coefficient (Wildman–Crippen LogP) is 2.48. The van der Waals surface area contributed by atoms with Gasteiger partial charge in [0.2, 0.25) is 11.8 Å². The van der Waals surface area contributed by atoms with Gasteiger partial charge in [0.15, 0.2) is 0 Å². The first-order chi connectivity index (χ1) is 12.1. The monoisotopic (exact) mass is 338 g/mol. The van der Waals surface area contributed by atoms with Gasteiger partial charge in [-0.2, -0.15) is 5.10 Å². The zero-order valence-corrected chi connectivity index (χ0v) is 14.3. The van der Waals surface area contributed by atoms with Crippen molar-refractivity contribution in [1.29, 1.82) is 0 Å². The van der Waals surface area contributed by atoms with E-state index in [1.165, 1.54) is 0 Å². The first-order valence-corrected chi connectivity index (χ1v) is 8.80. The number of likely N-dealkylation sites (tertiary alicyclic amines) is 1. The number of nitrogens with zero attached hydrogens (tertiary/aromatic N) is 3. The van der Waals surface area contributed by atoms with Crippen LogP contribution in [0.3, 0.4) is 0 Å². The van der Waals surface area contributed by atoms with Gasteiger partial charge in [0.05, 0.1) is 18.2 Å². The lowest BCUT2D eigenvalue weighted by atomic mass is 9.96. The number of amides is 2. The summed E-state index contributed by atoms with van der Waals surface area (Å²) in [5, 5.41) is 7.26. The summed E-state index contributed by atoms with van der Waals surface area (Å²) in [7, 11) is 0. The number of fused-ring (bicyclic) bond motifs is 1. The molecule has 1 N–H and O–H groups in total. The van der Waals surface area contributed by atoms with Crippen molar-refractivity contribution < 1.29 is 9.59 Å². The topological polar surface area (TPSA) is 67.2 Å². The molecule has 25 heavy (non-hydrogen) atoms. The van der Waals surface area contributed by atoms with E-state index >= 15 is 0 Å². The molecule has 2 aliphatic heterocycles. The molecule has 3 heterocycles. The van der Waals surface area contributed by atoms with Gasteiger partial charge in [-0.15, -0.1) is 0 Å². The Morgan fingerprint density at radius 1 is 1.36 bits per heavy atom. The summed E-state index contributed by atoms with van der Waals surface area (Å²) >= 11 is 0. The van der Waals surface area contributed by atoms with Crippen LogP contribution in [0.1, 0.15) is 42.3 Å². The van der Waals surface area contributed by atoms with Crippen molar-refractivity contribution in [2.75, 3.05) is 18.4 Å². The summed E-state index contributed by atoms with van der Waals surface area (Å²) in [4.78, 5) is 26.9. The second-order valence-corrected chi connectivity index (χ2v) is 6.97. The number of carbonyl (C=O) groups excluding carboxylic acids is 2. The maximum atomic E-state index is 12.8. The number of nitrogens with one attached hydrogen (secondary N) is 1. The summed E-state index contributed by atoms with van der Waals surface area (Å²) in [5.74, 6) is -0.410. The molecule has 0 aliphatic carbocycles. The highest BCUT2D eigenvalue weighted by Gasteiger charge is 2.34. The molecule has 0 radical (unpaired) electrons. The third kappa shape index (κ3) is 3.04. The molecule has 0 saturated carbocycles. The molecule has 6 nitrogen and oxygen atoms in total. The molecule has 2 aromatic rings. The van der Waals surface area contributed by atoms with Crippen LogP contribution < -0.4 is 5.32 Å². The molecule has 2 aliphatic rings. The van der Waals surface area contributed by atoms with E-state index in [1.807, 2.05) is 53.2 Å².